The maximum absolute atomic E-state index is 14.1. The van der Waals surface area contributed by atoms with Gasteiger partial charge in [0, 0.05) is 139 Å². The lowest BCUT2D eigenvalue weighted by Gasteiger charge is -2.26. The number of amides is 12. The first-order chi connectivity index (χ1) is 70.1. The Morgan fingerprint density at radius 1 is 0.490 bits per heavy atom. The number of aromatic nitrogens is 12. The minimum Gasteiger partial charge on any atom is -0.494 e. The SMILES string of the molecule is CCn1nc(C)cc1C(=O)Nc1nc2cc(C(N)=O)cc(OC)c2n1C/C=C/Cn1c(NC(=O)c2cc(C)nn2CC)nc2cc(C(N)=O)cc(OCCCNC(=O)OCCNC(=O)[C@H](CC(=O)O)NC(=O)[C@H](CCC(=O)O)NC(=O)[C@H](CC(=O)O)NC(=O)[C@H](CC(=O)O)NC(=O)CCCN3CCc4c(nc(C(=O)Nc5cccc(-c6cccc(NC(=O)c7nc8c(n7C)CCN(CCCC(=O)O)C8)c6Cl)c5Cl)n4C)C3)c21. The van der Waals surface area contributed by atoms with Crippen molar-refractivity contribution in [3.8, 4) is 22.6 Å². The number of ether oxygens (including phenoxy) is 3. The smallest absolute Gasteiger partial charge is 0.407 e. The molecule has 6 aromatic heterocycles. The van der Waals surface area contributed by atoms with Crippen LogP contribution >= 0.6 is 23.2 Å². The molecule has 4 atom stereocenters. The number of hydrogen-bond donors (Lipinski definition) is 17. The Bertz CT molecular complexity index is 6830. The van der Waals surface area contributed by atoms with Gasteiger partial charge in [0.1, 0.15) is 64.7 Å². The van der Waals surface area contributed by atoms with Crippen LogP contribution < -0.4 is 74.1 Å². The Kier molecular flexibility index (Phi) is 36.8. The number of rotatable bonds is 51. The fourth-order valence-corrected chi connectivity index (χ4v) is 17.3. The number of alkyl carbamates (subject to hydrolysis) is 1. The summed E-state index contributed by atoms with van der Waals surface area (Å²) in [6.45, 7) is 8.91. The molecular formula is C94H110Cl2N26O25. The second kappa shape index (κ2) is 49.5. The van der Waals surface area contributed by atoms with E-state index in [2.05, 4.69) is 83.2 Å². The van der Waals surface area contributed by atoms with Crippen LogP contribution in [0.1, 0.15) is 175 Å². The van der Waals surface area contributed by atoms with E-state index in [9.17, 15) is 102 Å². The zero-order valence-electron chi connectivity index (χ0n) is 80.8. The molecule has 8 heterocycles. The standard InChI is InChI=1S/C94H110Cl2N26O25/c1-8-121-66(37-48(3)113-121)88(140)111-92-109-57-39-50(80(97)134)41-68(145-7)78(57)119(92)31-10-11-32-120-79-58(110-93(120)112-89(141)67-38-49(4)114-122(67)9-2)40-51(81(98)135)42-69(79)146-35-16-27-100-94(144)147-36-28-99-84(136)59(43-73(128)129)107-85(137)56(23-24-72(126)127)106-87(139)61(45-75(132)133)108-86(138)60(44-74(130)131)101-70(123)21-14-29-117-33-25-64-62(46-117)102-82(115(64)5)90(142)104-54-19-12-17-52(76(54)95)53-18-13-20-55(77(53)96)105-91(143)83-103-63-47-118(30-15-22-71(124)125)34-26-65(63)116(83)6/h10-13,17-20,37-42,56,59-61H,8-9,14-16,21-36,43-47H2,1-7H3,(H2,97,134)(H2,98,135)(H,99,136)(H,100,144)(H,101,123)(H,104,142)(H,105,143)(H,106,139)(H,107,137)(H,108,138)(H,124,125)(H,126,127)(H,128,129)(H,130,131)(H,132,133)(H,109,111,140)(H,110,112,141)/b11-10+/t56-,59-,60-,61-/m0/s1. The molecule has 0 spiro atoms. The van der Waals surface area contributed by atoms with Gasteiger partial charge in [-0.05, 0) is 115 Å². The first-order valence-corrected chi connectivity index (χ1v) is 47.3. The lowest BCUT2D eigenvalue weighted by atomic mass is 10.0. The van der Waals surface area contributed by atoms with Crippen molar-refractivity contribution in [2.75, 3.05) is 80.9 Å². The van der Waals surface area contributed by atoms with E-state index in [0.717, 1.165) is 11.4 Å². The van der Waals surface area contributed by atoms with E-state index in [1.165, 1.54) is 40.7 Å². The molecule has 0 unspecified atom stereocenters. The van der Waals surface area contributed by atoms with Crippen LogP contribution in [0.2, 0.25) is 10.0 Å². The van der Waals surface area contributed by atoms with Crippen molar-refractivity contribution in [2.24, 2.45) is 25.6 Å². The van der Waals surface area contributed by atoms with Crippen molar-refractivity contribution < 1.29 is 121 Å². The number of carboxylic acids is 5. The molecule has 19 N–H and O–H groups in total. The van der Waals surface area contributed by atoms with Crippen LogP contribution in [0.25, 0.3) is 33.2 Å². The average molecular weight is 2070 g/mol. The Balaban J connectivity index is 0.615. The number of nitrogens with two attached hydrogens (primary N) is 2. The highest BCUT2D eigenvalue weighted by Crippen LogP contribution is 2.42. The summed E-state index contributed by atoms with van der Waals surface area (Å²) in [6.07, 6.45) is -1.38. The maximum Gasteiger partial charge on any atom is 0.407 e. The molecule has 53 heteroatoms. The summed E-state index contributed by atoms with van der Waals surface area (Å²) in [6, 6.07) is 10.6. The van der Waals surface area contributed by atoms with E-state index in [1.54, 1.807) is 114 Å². The van der Waals surface area contributed by atoms with Crippen LogP contribution in [0.5, 0.6) is 11.5 Å². The summed E-state index contributed by atoms with van der Waals surface area (Å²) in [7, 11) is 4.80. The number of carboxylic acid groups (broad SMARTS) is 5. The van der Waals surface area contributed by atoms with Gasteiger partial charge in [0.15, 0.2) is 11.6 Å². The molecule has 10 aromatic rings. The number of primary amides is 2. The molecule has 51 nitrogen and oxygen atoms in total. The van der Waals surface area contributed by atoms with Crippen molar-refractivity contribution in [3.63, 3.8) is 0 Å². The third-order valence-corrected chi connectivity index (χ3v) is 24.7. The van der Waals surface area contributed by atoms with Crippen LogP contribution in [-0.4, -0.2) is 278 Å². The van der Waals surface area contributed by atoms with Crippen LogP contribution in [0.3, 0.4) is 0 Å². The molecule has 147 heavy (non-hydrogen) atoms. The summed E-state index contributed by atoms with van der Waals surface area (Å²) >= 11 is 14.0. The summed E-state index contributed by atoms with van der Waals surface area (Å²) < 4.78 is 26.8. The number of carbonyl (C=O) groups is 17. The van der Waals surface area contributed by atoms with Crippen molar-refractivity contribution in [2.45, 2.75) is 168 Å². The van der Waals surface area contributed by atoms with Crippen LogP contribution in [0.4, 0.5) is 28.1 Å². The second-order valence-electron chi connectivity index (χ2n) is 34.3. The predicted octanol–water partition coefficient (Wildman–Crippen LogP) is 4.25. The zero-order valence-corrected chi connectivity index (χ0v) is 82.4. The highest BCUT2D eigenvalue weighted by Gasteiger charge is 2.37. The Morgan fingerprint density at radius 3 is 1.39 bits per heavy atom. The highest BCUT2D eigenvalue weighted by molar-refractivity contribution is 6.40. The number of aliphatic carboxylic acids is 5. The molecule has 0 fully saturated rings. The van der Waals surface area contributed by atoms with Crippen molar-refractivity contribution in [1.82, 2.24) is 99.5 Å². The van der Waals surface area contributed by atoms with E-state index in [-0.39, 0.29) is 161 Å². The molecule has 0 saturated carbocycles. The monoisotopic (exact) mass is 2070 g/mol. The predicted molar refractivity (Wildman–Crippen MR) is 525 cm³/mol. The Hall–Kier alpha value is -16.7. The van der Waals surface area contributed by atoms with Gasteiger partial charge >= 0.3 is 35.9 Å². The number of allylic oxidation sites excluding steroid dienone is 2. The van der Waals surface area contributed by atoms with Crippen LogP contribution in [0.15, 0.2) is 84.9 Å². The molecular weight excluding hydrogens is 1960 g/mol. The van der Waals surface area contributed by atoms with Crippen molar-refractivity contribution in [3.05, 3.63) is 163 Å². The summed E-state index contributed by atoms with van der Waals surface area (Å²) in [5.74, 6) is -17.2. The number of hydrogen-bond acceptors (Lipinski definition) is 28. The van der Waals surface area contributed by atoms with Crippen molar-refractivity contribution in [1.29, 1.82) is 0 Å². The molecule has 0 aliphatic carbocycles. The van der Waals surface area contributed by atoms with Gasteiger partial charge in [-0.25, -0.2) is 24.7 Å². The molecule has 12 rings (SSSR count). The van der Waals surface area contributed by atoms with E-state index in [4.69, 9.17) is 59.0 Å². The van der Waals surface area contributed by atoms with E-state index >= 15 is 0 Å². The number of nitrogens with zero attached hydrogens (tertiary/aromatic N) is 14. The average Bonchev–Trinajstić information content (AvgIpc) is 1.60. The van der Waals surface area contributed by atoms with Gasteiger partial charge in [0.2, 0.25) is 53.2 Å². The number of halogens is 2. The van der Waals surface area contributed by atoms with Crippen LogP contribution in [0, 0.1) is 13.8 Å². The Morgan fingerprint density at radius 2 is 0.932 bits per heavy atom. The minimum absolute atomic E-state index is 0.0000277. The quantitative estimate of drug-likeness (QED) is 0.0187. The van der Waals surface area contributed by atoms with Gasteiger partial charge in [-0.3, -0.25) is 107 Å². The number of methoxy groups -OCH3 is 1. The number of benzene rings is 4. The zero-order chi connectivity index (χ0) is 106. The van der Waals surface area contributed by atoms with Gasteiger partial charge < -0.3 is 112 Å². The highest BCUT2D eigenvalue weighted by atomic mass is 35.5. The minimum atomic E-state index is -2.17. The largest absolute Gasteiger partial charge is 0.494 e. The maximum atomic E-state index is 14.1. The fraction of sp³-hybridized carbons (Fsp3) is 0.394. The van der Waals surface area contributed by atoms with E-state index in [0.29, 0.717) is 98.0 Å². The number of aryl methyl sites for hydroxylation is 4. The van der Waals surface area contributed by atoms with E-state index in [1.807, 2.05) is 11.8 Å². The van der Waals surface area contributed by atoms with Crippen LogP contribution in [-0.2, 0) is 119 Å². The van der Waals surface area contributed by atoms with Gasteiger partial charge in [0.05, 0.1) is 94.8 Å². The van der Waals surface area contributed by atoms with Gasteiger partial charge in [0.25, 0.3) is 23.6 Å². The summed E-state index contributed by atoms with van der Waals surface area (Å²) in [5.41, 5.74) is 18.3. The lowest BCUT2D eigenvalue weighted by Crippen LogP contribution is -2.59. The van der Waals surface area contributed by atoms with E-state index < -0.39 is 170 Å². The number of anilines is 4. The molecule has 12 amide bonds. The normalized spacial score (nSPS) is 13.2. The first kappa shape index (κ1) is 109. The number of imidazole rings is 4. The fourth-order valence-electron chi connectivity index (χ4n) is 16.8. The van der Waals surface area contributed by atoms with Gasteiger partial charge in [-0.1, -0.05) is 59.6 Å². The molecule has 0 bridgehead atoms. The van der Waals surface area contributed by atoms with Gasteiger partial charge in [-0.2, -0.15) is 10.2 Å². The molecule has 2 aliphatic heterocycles. The number of carbonyl (C=O) groups excluding carboxylic acids is 12. The summed E-state index contributed by atoms with van der Waals surface area (Å²) in [5, 5.41) is 82.2. The Labute approximate surface area is 846 Å². The number of nitrogens with one attached hydrogen (secondary N) is 10. The topological polar surface area (TPSA) is 705 Å². The third kappa shape index (κ3) is 27.8. The number of fused-ring (bicyclic) bond motifs is 4. The summed E-state index contributed by atoms with van der Waals surface area (Å²) in [4.78, 5) is 246. The lowest BCUT2D eigenvalue weighted by molar-refractivity contribution is -0.143. The molecule has 0 radical (unpaired) electrons. The molecule has 0 saturated heterocycles. The third-order valence-electron chi connectivity index (χ3n) is 23.9. The molecule has 2 aliphatic rings. The molecule has 780 valence electrons. The second-order valence-corrected chi connectivity index (χ2v) is 35.1. The van der Waals surface area contributed by atoms with Gasteiger partial charge in [-0.15, -0.1) is 0 Å². The van der Waals surface area contributed by atoms with Crippen molar-refractivity contribution >= 4 is 169 Å². The first-order valence-electron chi connectivity index (χ1n) is 46.5. The molecule has 4 aromatic carbocycles.